The first kappa shape index (κ1) is 17.0. The molecule has 1 unspecified atom stereocenters. The third-order valence-electron chi connectivity index (χ3n) is 4.98. The lowest BCUT2D eigenvalue weighted by Gasteiger charge is -2.25. The molecule has 0 spiro atoms. The number of halogens is 1. The summed E-state index contributed by atoms with van der Waals surface area (Å²) in [4.78, 5) is 15.1. The summed E-state index contributed by atoms with van der Waals surface area (Å²) in [7, 11) is 0. The summed E-state index contributed by atoms with van der Waals surface area (Å²) in [6.45, 7) is 0.389. The summed E-state index contributed by atoms with van der Waals surface area (Å²) in [5, 5.41) is 7.46. The van der Waals surface area contributed by atoms with Gasteiger partial charge in [-0.2, -0.15) is 5.10 Å². The van der Waals surface area contributed by atoms with Crippen LogP contribution >= 0.6 is 15.9 Å². The smallest absolute Gasteiger partial charge is 0.273 e. The number of H-pyrrole nitrogens is 1. The molecule has 1 amide bonds. The average molecular weight is 434 g/mol. The topological polar surface area (TPSA) is 62.1 Å². The number of aromatic nitrogens is 2. The maximum Gasteiger partial charge on any atom is 0.273 e. The molecule has 1 aliphatic rings. The number of benzene rings is 2. The van der Waals surface area contributed by atoms with Gasteiger partial charge in [-0.05, 0) is 29.8 Å². The van der Waals surface area contributed by atoms with Crippen LogP contribution in [0, 0.1) is 0 Å². The number of furan rings is 1. The van der Waals surface area contributed by atoms with Crippen LogP contribution in [0.5, 0.6) is 0 Å². The minimum absolute atomic E-state index is 0.0777. The molecular weight excluding hydrogens is 418 g/mol. The Balaban J connectivity index is 1.68. The van der Waals surface area contributed by atoms with Gasteiger partial charge in [-0.25, -0.2) is 0 Å². The van der Waals surface area contributed by atoms with E-state index in [0.29, 0.717) is 12.2 Å². The van der Waals surface area contributed by atoms with Crippen LogP contribution < -0.4 is 0 Å². The number of amides is 1. The van der Waals surface area contributed by atoms with Crippen molar-refractivity contribution >= 4 is 21.8 Å². The molecule has 0 bridgehead atoms. The van der Waals surface area contributed by atoms with Gasteiger partial charge in [0.15, 0.2) is 0 Å². The summed E-state index contributed by atoms with van der Waals surface area (Å²) < 4.78 is 6.48. The average Bonchev–Trinajstić information content (AvgIpc) is 3.42. The predicted molar refractivity (Wildman–Crippen MR) is 109 cm³/mol. The van der Waals surface area contributed by atoms with E-state index in [2.05, 4.69) is 26.1 Å². The molecule has 0 aliphatic carbocycles. The molecule has 2 aromatic heterocycles. The molecule has 5 nitrogen and oxygen atoms in total. The van der Waals surface area contributed by atoms with Gasteiger partial charge in [0, 0.05) is 15.6 Å². The van der Waals surface area contributed by atoms with Crippen molar-refractivity contribution in [2.24, 2.45) is 0 Å². The lowest BCUT2D eigenvalue weighted by Crippen LogP contribution is -2.29. The Bertz CT molecular complexity index is 1140. The van der Waals surface area contributed by atoms with E-state index < -0.39 is 0 Å². The van der Waals surface area contributed by atoms with Crippen LogP contribution in [0.1, 0.15) is 33.4 Å². The number of nitrogens with zero attached hydrogens (tertiary/aromatic N) is 2. The van der Waals surface area contributed by atoms with Gasteiger partial charge in [0.1, 0.15) is 11.5 Å². The van der Waals surface area contributed by atoms with Crippen LogP contribution in [-0.2, 0) is 6.54 Å². The van der Waals surface area contributed by atoms with Crippen LogP contribution in [0.4, 0.5) is 0 Å². The molecule has 4 aromatic rings. The number of carbonyl (C=O) groups excluding carboxylic acids is 1. The Morgan fingerprint density at radius 2 is 1.93 bits per heavy atom. The SMILES string of the molecule is O=C1c2[nH]nc(-c3ccccc3)c2C(c2cccc(Br)c2)N1Cc1ccco1. The molecule has 0 fully saturated rings. The van der Waals surface area contributed by atoms with Crippen molar-refractivity contribution in [2.45, 2.75) is 12.6 Å². The molecule has 28 heavy (non-hydrogen) atoms. The van der Waals surface area contributed by atoms with Gasteiger partial charge in [0.2, 0.25) is 0 Å². The van der Waals surface area contributed by atoms with E-state index >= 15 is 0 Å². The molecule has 2 aromatic carbocycles. The van der Waals surface area contributed by atoms with Gasteiger partial charge in [-0.1, -0.05) is 58.4 Å². The van der Waals surface area contributed by atoms with Crippen molar-refractivity contribution in [3.8, 4) is 11.3 Å². The number of hydrogen-bond donors (Lipinski definition) is 1. The largest absolute Gasteiger partial charge is 0.467 e. The van der Waals surface area contributed by atoms with Gasteiger partial charge in [0.25, 0.3) is 5.91 Å². The third kappa shape index (κ3) is 2.77. The molecule has 1 aliphatic heterocycles. The predicted octanol–water partition coefficient (Wildman–Crippen LogP) is 5.18. The van der Waals surface area contributed by atoms with Crippen molar-refractivity contribution in [1.29, 1.82) is 0 Å². The molecule has 0 saturated carbocycles. The third-order valence-corrected chi connectivity index (χ3v) is 5.47. The number of hydrogen-bond acceptors (Lipinski definition) is 3. The normalized spacial score (nSPS) is 15.8. The van der Waals surface area contributed by atoms with Crippen molar-refractivity contribution in [3.05, 3.63) is 100 Å². The van der Waals surface area contributed by atoms with Gasteiger partial charge < -0.3 is 9.32 Å². The zero-order valence-electron chi connectivity index (χ0n) is 14.8. The van der Waals surface area contributed by atoms with Gasteiger partial charge in [-0.3, -0.25) is 9.89 Å². The fraction of sp³-hybridized carbons (Fsp3) is 0.0909. The van der Waals surface area contributed by atoms with Crippen LogP contribution in [0.2, 0.25) is 0 Å². The molecule has 138 valence electrons. The van der Waals surface area contributed by atoms with Gasteiger partial charge >= 0.3 is 0 Å². The zero-order valence-corrected chi connectivity index (χ0v) is 16.4. The summed E-state index contributed by atoms with van der Waals surface area (Å²) in [6, 6.07) is 21.4. The van der Waals surface area contributed by atoms with E-state index in [1.807, 2.05) is 71.6 Å². The second-order valence-corrected chi connectivity index (χ2v) is 7.61. The highest BCUT2D eigenvalue weighted by atomic mass is 79.9. The summed E-state index contributed by atoms with van der Waals surface area (Å²) in [5.41, 5.74) is 4.24. The van der Waals surface area contributed by atoms with Crippen LogP contribution in [-0.4, -0.2) is 21.0 Å². The zero-order chi connectivity index (χ0) is 19.1. The highest BCUT2D eigenvalue weighted by Crippen LogP contribution is 2.43. The van der Waals surface area contributed by atoms with E-state index in [4.69, 9.17) is 4.42 Å². The first-order chi connectivity index (χ1) is 13.7. The highest BCUT2D eigenvalue weighted by Gasteiger charge is 2.42. The second-order valence-electron chi connectivity index (χ2n) is 6.70. The molecule has 6 heteroatoms. The lowest BCUT2D eigenvalue weighted by atomic mass is 9.96. The summed E-state index contributed by atoms with van der Waals surface area (Å²) in [6.07, 6.45) is 1.63. The number of aromatic amines is 1. The maximum atomic E-state index is 13.2. The molecule has 1 N–H and O–H groups in total. The Hall–Kier alpha value is -3.12. The first-order valence-electron chi connectivity index (χ1n) is 8.95. The summed E-state index contributed by atoms with van der Waals surface area (Å²) >= 11 is 3.55. The van der Waals surface area contributed by atoms with Gasteiger partial charge in [-0.15, -0.1) is 0 Å². The van der Waals surface area contributed by atoms with E-state index in [9.17, 15) is 4.79 Å². The van der Waals surface area contributed by atoms with Crippen LogP contribution in [0.25, 0.3) is 11.3 Å². The maximum absolute atomic E-state index is 13.2. The van der Waals surface area contributed by atoms with Crippen LogP contribution in [0.3, 0.4) is 0 Å². The van der Waals surface area contributed by atoms with E-state index in [1.54, 1.807) is 6.26 Å². The van der Waals surface area contributed by atoms with E-state index in [0.717, 1.165) is 32.6 Å². The molecule has 3 heterocycles. The Kier molecular flexibility index (Phi) is 4.13. The van der Waals surface area contributed by atoms with Crippen molar-refractivity contribution in [2.75, 3.05) is 0 Å². The van der Waals surface area contributed by atoms with Crippen molar-refractivity contribution in [1.82, 2.24) is 15.1 Å². The van der Waals surface area contributed by atoms with Crippen LogP contribution in [0.15, 0.2) is 81.9 Å². The standard InChI is InChI=1S/C22H16BrN3O2/c23-16-9-4-8-15(12-16)21-18-19(14-6-2-1-3-7-14)24-25-20(18)22(27)26(21)13-17-10-5-11-28-17/h1-12,21H,13H2,(H,24,25). The molecule has 0 radical (unpaired) electrons. The van der Waals surface area contributed by atoms with Gasteiger partial charge in [0.05, 0.1) is 24.5 Å². The minimum Gasteiger partial charge on any atom is -0.467 e. The lowest BCUT2D eigenvalue weighted by molar-refractivity contribution is 0.0717. The van der Waals surface area contributed by atoms with Crippen molar-refractivity contribution in [3.63, 3.8) is 0 Å². The Morgan fingerprint density at radius 3 is 2.68 bits per heavy atom. The van der Waals surface area contributed by atoms with E-state index in [1.165, 1.54) is 0 Å². The fourth-order valence-electron chi connectivity index (χ4n) is 3.77. The molecule has 5 rings (SSSR count). The number of rotatable bonds is 4. The fourth-order valence-corrected chi connectivity index (χ4v) is 4.19. The van der Waals surface area contributed by atoms with Crippen molar-refractivity contribution < 1.29 is 9.21 Å². The molecular formula is C22H16BrN3O2. The number of nitrogens with one attached hydrogen (secondary N) is 1. The Labute approximate surface area is 170 Å². The quantitative estimate of drug-likeness (QED) is 0.482. The highest BCUT2D eigenvalue weighted by molar-refractivity contribution is 9.10. The number of carbonyl (C=O) groups is 1. The number of fused-ring (bicyclic) bond motifs is 1. The first-order valence-corrected chi connectivity index (χ1v) is 9.74. The second kappa shape index (κ2) is 6.80. The molecule has 0 saturated heterocycles. The monoisotopic (exact) mass is 433 g/mol. The minimum atomic E-state index is -0.251. The van der Waals surface area contributed by atoms with E-state index in [-0.39, 0.29) is 11.9 Å². The molecule has 1 atom stereocenters. The Morgan fingerprint density at radius 1 is 1.07 bits per heavy atom. The summed E-state index contributed by atoms with van der Waals surface area (Å²) in [5.74, 6) is 0.666.